The second-order valence-electron chi connectivity index (χ2n) is 3.97. The standard InChI is InChI=1S/C11H12Cl3N3OS/c1-5(2)10(18)16-17-11(19)15-9-7(13)3-6(12)4-8(9)14/h3-5H,1-2H3,(H,16,18)(H2,15,17,19). The summed E-state index contributed by atoms with van der Waals surface area (Å²) in [4.78, 5) is 11.3. The number of hydrazine groups is 1. The van der Waals surface area contributed by atoms with Crippen molar-refractivity contribution in [3.63, 3.8) is 0 Å². The van der Waals surface area contributed by atoms with Crippen molar-refractivity contribution in [3.8, 4) is 0 Å². The monoisotopic (exact) mass is 339 g/mol. The van der Waals surface area contributed by atoms with Crippen molar-refractivity contribution in [2.24, 2.45) is 5.92 Å². The number of carbonyl (C=O) groups is 1. The lowest BCUT2D eigenvalue weighted by Crippen LogP contribution is -2.45. The molecule has 104 valence electrons. The second kappa shape index (κ2) is 7.14. The van der Waals surface area contributed by atoms with Crippen LogP contribution in [0.1, 0.15) is 13.8 Å². The van der Waals surface area contributed by atoms with Crippen LogP contribution in [0.2, 0.25) is 15.1 Å². The Kier molecular flexibility index (Phi) is 6.13. The van der Waals surface area contributed by atoms with E-state index in [1.807, 2.05) is 0 Å². The molecule has 19 heavy (non-hydrogen) atoms. The zero-order chi connectivity index (χ0) is 14.6. The second-order valence-corrected chi connectivity index (χ2v) is 5.63. The first-order valence-corrected chi connectivity index (χ1v) is 6.87. The van der Waals surface area contributed by atoms with E-state index in [1.165, 1.54) is 12.1 Å². The fraction of sp³-hybridized carbons (Fsp3) is 0.273. The van der Waals surface area contributed by atoms with Gasteiger partial charge in [-0.1, -0.05) is 48.7 Å². The van der Waals surface area contributed by atoms with Gasteiger partial charge in [0, 0.05) is 10.9 Å². The predicted molar refractivity (Wildman–Crippen MR) is 83.8 cm³/mol. The maximum absolute atomic E-state index is 11.3. The van der Waals surface area contributed by atoms with Gasteiger partial charge in [0.25, 0.3) is 0 Å². The molecular weight excluding hydrogens is 329 g/mol. The molecule has 0 heterocycles. The number of hydrogen-bond acceptors (Lipinski definition) is 2. The third-order valence-corrected chi connectivity index (χ3v) is 3.09. The average molecular weight is 341 g/mol. The molecule has 0 saturated carbocycles. The van der Waals surface area contributed by atoms with Gasteiger partial charge in [0.05, 0.1) is 15.7 Å². The molecule has 0 aromatic heterocycles. The van der Waals surface area contributed by atoms with Crippen LogP contribution >= 0.6 is 47.0 Å². The van der Waals surface area contributed by atoms with Crippen LogP contribution in [0.4, 0.5) is 5.69 Å². The number of carbonyl (C=O) groups excluding carboxylic acids is 1. The van der Waals surface area contributed by atoms with E-state index in [4.69, 9.17) is 47.0 Å². The molecular formula is C11H12Cl3N3OS. The summed E-state index contributed by atoms with van der Waals surface area (Å²) in [5.74, 6) is -0.338. The molecule has 0 aliphatic heterocycles. The van der Waals surface area contributed by atoms with Gasteiger partial charge in [-0.25, -0.2) is 0 Å². The molecule has 1 rings (SSSR count). The fourth-order valence-electron chi connectivity index (χ4n) is 1.07. The molecule has 0 atom stereocenters. The van der Waals surface area contributed by atoms with Crippen LogP contribution in [0.3, 0.4) is 0 Å². The van der Waals surface area contributed by atoms with E-state index < -0.39 is 0 Å². The van der Waals surface area contributed by atoms with Gasteiger partial charge in [0.2, 0.25) is 5.91 Å². The number of hydrogen-bond donors (Lipinski definition) is 3. The van der Waals surface area contributed by atoms with Crippen molar-refractivity contribution in [2.75, 3.05) is 5.32 Å². The van der Waals surface area contributed by atoms with Gasteiger partial charge in [0.1, 0.15) is 0 Å². The first-order chi connectivity index (χ1) is 8.81. The van der Waals surface area contributed by atoms with Gasteiger partial charge in [-0.15, -0.1) is 0 Å². The fourth-order valence-corrected chi connectivity index (χ4v) is 2.13. The van der Waals surface area contributed by atoms with Gasteiger partial charge in [-0.2, -0.15) is 0 Å². The summed E-state index contributed by atoms with van der Waals surface area (Å²) < 4.78 is 0. The van der Waals surface area contributed by atoms with Crippen LogP contribution in [0.5, 0.6) is 0 Å². The Balaban J connectivity index is 2.65. The molecule has 0 saturated heterocycles. The van der Waals surface area contributed by atoms with Crippen molar-refractivity contribution in [2.45, 2.75) is 13.8 Å². The number of anilines is 1. The summed E-state index contributed by atoms with van der Waals surface area (Å²) in [6.07, 6.45) is 0. The largest absolute Gasteiger partial charge is 0.329 e. The minimum atomic E-state index is -0.183. The SMILES string of the molecule is CC(C)C(=O)NNC(=S)Nc1c(Cl)cc(Cl)cc1Cl. The average Bonchev–Trinajstić information content (AvgIpc) is 2.30. The number of nitrogens with one attached hydrogen (secondary N) is 3. The smallest absolute Gasteiger partial charge is 0.240 e. The van der Waals surface area contributed by atoms with Gasteiger partial charge in [-0.3, -0.25) is 15.6 Å². The summed E-state index contributed by atoms with van der Waals surface area (Å²) in [6, 6.07) is 3.07. The number of thiocarbonyl (C=S) groups is 1. The molecule has 0 aliphatic rings. The normalized spacial score (nSPS) is 10.2. The Morgan fingerprint density at radius 1 is 1.16 bits per heavy atom. The molecule has 0 fully saturated rings. The van der Waals surface area contributed by atoms with Crippen LogP contribution in [-0.2, 0) is 4.79 Å². The third kappa shape index (κ3) is 5.03. The number of halogens is 3. The van der Waals surface area contributed by atoms with Crippen LogP contribution in [0.15, 0.2) is 12.1 Å². The van der Waals surface area contributed by atoms with Crippen molar-refractivity contribution in [1.29, 1.82) is 0 Å². The highest BCUT2D eigenvalue weighted by molar-refractivity contribution is 7.80. The van der Waals surface area contributed by atoms with E-state index in [0.717, 1.165) is 0 Å². The van der Waals surface area contributed by atoms with Crippen LogP contribution < -0.4 is 16.2 Å². The lowest BCUT2D eigenvalue weighted by Gasteiger charge is -2.14. The summed E-state index contributed by atoms with van der Waals surface area (Å²) in [7, 11) is 0. The molecule has 0 unspecified atom stereocenters. The summed E-state index contributed by atoms with van der Waals surface area (Å²) >= 11 is 22.8. The van der Waals surface area contributed by atoms with Crippen molar-refractivity contribution in [3.05, 3.63) is 27.2 Å². The zero-order valence-electron chi connectivity index (χ0n) is 10.2. The predicted octanol–water partition coefficient (Wildman–Crippen LogP) is 3.62. The highest BCUT2D eigenvalue weighted by Crippen LogP contribution is 2.33. The van der Waals surface area contributed by atoms with E-state index in [9.17, 15) is 4.79 Å². The number of rotatable bonds is 2. The number of benzene rings is 1. The zero-order valence-corrected chi connectivity index (χ0v) is 13.3. The number of amides is 1. The topological polar surface area (TPSA) is 53.2 Å². The van der Waals surface area contributed by atoms with Gasteiger partial charge < -0.3 is 5.32 Å². The molecule has 4 nitrogen and oxygen atoms in total. The molecule has 1 amide bonds. The summed E-state index contributed by atoms with van der Waals surface area (Å²) in [6.45, 7) is 3.53. The van der Waals surface area contributed by atoms with Crippen molar-refractivity contribution < 1.29 is 4.79 Å². The summed E-state index contributed by atoms with van der Waals surface area (Å²) in [5.41, 5.74) is 5.42. The first kappa shape index (κ1) is 16.3. The third-order valence-electron chi connectivity index (χ3n) is 2.07. The Labute approximate surface area is 131 Å². The Hall–Kier alpha value is -0.750. The van der Waals surface area contributed by atoms with Crippen LogP contribution in [0.25, 0.3) is 0 Å². The minimum absolute atomic E-state index is 0.155. The van der Waals surface area contributed by atoms with Crippen molar-refractivity contribution in [1.82, 2.24) is 10.9 Å². The van der Waals surface area contributed by atoms with E-state index in [1.54, 1.807) is 13.8 Å². The highest BCUT2D eigenvalue weighted by atomic mass is 35.5. The molecule has 3 N–H and O–H groups in total. The van der Waals surface area contributed by atoms with E-state index in [2.05, 4.69) is 16.2 Å². The van der Waals surface area contributed by atoms with Gasteiger partial charge in [0.15, 0.2) is 5.11 Å². The van der Waals surface area contributed by atoms with Gasteiger partial charge in [-0.05, 0) is 24.4 Å². The molecule has 0 aliphatic carbocycles. The Bertz CT molecular complexity index is 485. The maximum atomic E-state index is 11.3. The first-order valence-electron chi connectivity index (χ1n) is 5.32. The quantitative estimate of drug-likeness (QED) is 0.568. The maximum Gasteiger partial charge on any atom is 0.240 e. The minimum Gasteiger partial charge on any atom is -0.329 e. The van der Waals surface area contributed by atoms with E-state index in [-0.39, 0.29) is 16.9 Å². The molecule has 0 radical (unpaired) electrons. The highest BCUT2D eigenvalue weighted by Gasteiger charge is 2.10. The molecule has 1 aromatic rings. The van der Waals surface area contributed by atoms with E-state index in [0.29, 0.717) is 20.8 Å². The van der Waals surface area contributed by atoms with Gasteiger partial charge >= 0.3 is 0 Å². The van der Waals surface area contributed by atoms with Crippen LogP contribution in [0, 0.1) is 5.92 Å². The molecule has 0 bridgehead atoms. The lowest BCUT2D eigenvalue weighted by molar-refractivity contribution is -0.124. The van der Waals surface area contributed by atoms with Crippen molar-refractivity contribution >= 4 is 63.7 Å². The lowest BCUT2D eigenvalue weighted by atomic mass is 10.2. The molecule has 1 aromatic carbocycles. The Morgan fingerprint density at radius 3 is 2.16 bits per heavy atom. The van der Waals surface area contributed by atoms with E-state index >= 15 is 0 Å². The molecule has 8 heteroatoms. The summed E-state index contributed by atoms with van der Waals surface area (Å²) in [5, 5.41) is 4.03. The molecule has 0 spiro atoms. The van der Waals surface area contributed by atoms with Crippen LogP contribution in [-0.4, -0.2) is 11.0 Å². The Morgan fingerprint density at radius 2 is 1.68 bits per heavy atom.